The number of sulfonamides is 1. The van der Waals surface area contributed by atoms with E-state index in [2.05, 4.69) is 17.3 Å². The van der Waals surface area contributed by atoms with E-state index in [0.29, 0.717) is 31.2 Å². The van der Waals surface area contributed by atoms with Gasteiger partial charge in [-0.05, 0) is 50.9 Å². The Morgan fingerprint density at radius 1 is 1.14 bits per heavy atom. The van der Waals surface area contributed by atoms with Crippen LogP contribution in [0.2, 0.25) is 5.02 Å². The highest BCUT2D eigenvalue weighted by Crippen LogP contribution is 2.27. The highest BCUT2D eigenvalue weighted by molar-refractivity contribution is 7.89. The highest BCUT2D eigenvalue weighted by atomic mass is 35.5. The van der Waals surface area contributed by atoms with Crippen LogP contribution in [0.25, 0.3) is 0 Å². The molecule has 1 saturated heterocycles. The number of halogens is 1. The maximum absolute atomic E-state index is 13.1. The second-order valence-electron chi connectivity index (χ2n) is 8.14. The number of nitrogens with zero attached hydrogens (tertiary/aromatic N) is 2. The Bertz CT molecular complexity index is 801. The number of amides is 1. The monoisotopic (exact) mass is 441 g/mol. The van der Waals surface area contributed by atoms with Crippen LogP contribution in [-0.4, -0.2) is 62.8 Å². The van der Waals surface area contributed by atoms with Crippen molar-refractivity contribution in [1.82, 2.24) is 14.5 Å². The highest BCUT2D eigenvalue weighted by Gasteiger charge is 2.28. The van der Waals surface area contributed by atoms with Gasteiger partial charge in [0.05, 0.1) is 5.02 Å². The van der Waals surface area contributed by atoms with Crippen LogP contribution in [0.3, 0.4) is 0 Å². The van der Waals surface area contributed by atoms with Gasteiger partial charge in [-0.25, -0.2) is 8.42 Å². The van der Waals surface area contributed by atoms with E-state index in [0.717, 1.165) is 32.2 Å². The first-order valence-corrected chi connectivity index (χ1v) is 12.5. The molecule has 29 heavy (non-hydrogen) atoms. The molecule has 1 heterocycles. The third kappa shape index (κ3) is 5.72. The third-order valence-corrected chi connectivity index (χ3v) is 8.45. The molecule has 3 rings (SSSR count). The molecule has 0 aromatic heterocycles. The molecule has 0 spiro atoms. The van der Waals surface area contributed by atoms with Crippen molar-refractivity contribution in [2.45, 2.75) is 62.3 Å². The summed E-state index contributed by atoms with van der Waals surface area (Å²) in [6.07, 6.45) is 8.78. The average molecular weight is 442 g/mol. The molecule has 1 aliphatic carbocycles. The van der Waals surface area contributed by atoms with Crippen molar-refractivity contribution in [3.63, 3.8) is 0 Å². The van der Waals surface area contributed by atoms with Crippen LogP contribution >= 0.6 is 11.6 Å². The van der Waals surface area contributed by atoms with Gasteiger partial charge in [-0.15, -0.1) is 0 Å². The molecule has 0 atom stereocenters. The number of benzene rings is 1. The summed E-state index contributed by atoms with van der Waals surface area (Å²) < 4.78 is 27.7. The molecule has 162 valence electrons. The van der Waals surface area contributed by atoms with Gasteiger partial charge in [-0.3, -0.25) is 4.79 Å². The fraction of sp³-hybridized carbons (Fsp3) is 0.667. The van der Waals surface area contributed by atoms with Gasteiger partial charge in [-0.1, -0.05) is 37.3 Å². The Morgan fingerprint density at radius 3 is 2.45 bits per heavy atom. The number of carbonyl (C=O) groups is 1. The van der Waals surface area contributed by atoms with Crippen molar-refractivity contribution in [3.05, 3.63) is 28.8 Å². The van der Waals surface area contributed by atoms with Gasteiger partial charge >= 0.3 is 0 Å². The molecule has 2 aliphatic rings. The predicted octanol–water partition coefficient (Wildman–Crippen LogP) is 3.51. The zero-order chi connectivity index (χ0) is 20.9. The van der Waals surface area contributed by atoms with Gasteiger partial charge < -0.3 is 10.2 Å². The number of nitrogens with one attached hydrogen (secondary N) is 1. The van der Waals surface area contributed by atoms with Crippen molar-refractivity contribution in [2.24, 2.45) is 0 Å². The molecule has 1 aromatic rings. The van der Waals surface area contributed by atoms with Crippen molar-refractivity contribution < 1.29 is 13.2 Å². The summed E-state index contributed by atoms with van der Waals surface area (Å²) in [4.78, 5) is 14.9. The molecule has 0 unspecified atom stereocenters. The zero-order valence-corrected chi connectivity index (χ0v) is 18.8. The summed E-state index contributed by atoms with van der Waals surface area (Å²) in [5.41, 5.74) is 0.325. The number of hydrogen-bond acceptors (Lipinski definition) is 4. The summed E-state index contributed by atoms with van der Waals surface area (Å²) in [5.74, 6) is -0.270. The lowest BCUT2D eigenvalue weighted by Gasteiger charge is -2.24. The van der Waals surface area contributed by atoms with Crippen LogP contribution in [0.5, 0.6) is 0 Å². The molecule has 0 bridgehead atoms. The van der Waals surface area contributed by atoms with E-state index in [-0.39, 0.29) is 15.8 Å². The Balaban J connectivity index is 1.65. The molecule has 1 amide bonds. The first-order chi connectivity index (χ1) is 13.9. The van der Waals surface area contributed by atoms with Gasteiger partial charge in [-0.2, -0.15) is 4.31 Å². The Kier molecular flexibility index (Phi) is 7.96. The van der Waals surface area contributed by atoms with E-state index in [1.807, 2.05) is 0 Å². The number of likely N-dealkylation sites (N-methyl/N-ethyl adjacent to an activating group) is 1. The Labute approximate surface area is 179 Å². The largest absolute Gasteiger partial charge is 0.351 e. The molecular formula is C21H32ClN3O3S. The Hall–Kier alpha value is -1.15. The zero-order valence-electron chi connectivity index (χ0n) is 17.2. The average Bonchev–Trinajstić information content (AvgIpc) is 3.10. The minimum atomic E-state index is -3.70. The number of carbonyl (C=O) groups excluding carboxylic acids is 1. The lowest BCUT2D eigenvalue weighted by molar-refractivity contribution is 0.0947. The number of hydrogen-bond donors (Lipinski definition) is 1. The predicted molar refractivity (Wildman–Crippen MR) is 116 cm³/mol. The first kappa shape index (κ1) is 22.5. The fourth-order valence-corrected chi connectivity index (χ4v) is 6.26. The maximum Gasteiger partial charge on any atom is 0.251 e. The van der Waals surface area contributed by atoms with Crippen LogP contribution in [0, 0.1) is 0 Å². The second-order valence-corrected chi connectivity index (χ2v) is 10.5. The minimum absolute atomic E-state index is 0.0248. The molecule has 2 fully saturated rings. The molecule has 1 N–H and O–H groups in total. The third-order valence-electron chi connectivity index (χ3n) is 6.07. The summed E-state index contributed by atoms with van der Waals surface area (Å²) in [7, 11) is -1.61. The van der Waals surface area contributed by atoms with E-state index in [1.54, 1.807) is 6.07 Å². The summed E-state index contributed by atoms with van der Waals surface area (Å²) in [6, 6.07) is 5.11. The molecule has 1 aromatic carbocycles. The maximum atomic E-state index is 13.1. The van der Waals surface area contributed by atoms with E-state index >= 15 is 0 Å². The van der Waals surface area contributed by atoms with Crippen LogP contribution < -0.4 is 5.32 Å². The van der Waals surface area contributed by atoms with Crippen LogP contribution in [-0.2, 0) is 10.0 Å². The molecule has 1 aliphatic heterocycles. The quantitative estimate of drug-likeness (QED) is 0.702. The van der Waals surface area contributed by atoms with Crippen molar-refractivity contribution in [3.8, 4) is 0 Å². The molecule has 8 heteroatoms. The van der Waals surface area contributed by atoms with E-state index in [4.69, 9.17) is 11.6 Å². The van der Waals surface area contributed by atoms with Gasteiger partial charge in [0.25, 0.3) is 5.91 Å². The standard InChI is InChI=1S/C21H32ClN3O3S/c1-24(18-8-4-5-9-18)15-12-23-21(26)17-10-11-19(22)20(16-17)29(27,28)25-13-6-2-3-7-14-25/h10-11,16,18H,2-9,12-15H2,1H3,(H,23,26). The fourth-order valence-electron chi connectivity index (χ4n) is 4.24. The van der Waals surface area contributed by atoms with Gasteiger partial charge in [0, 0.05) is 37.8 Å². The normalized spacial score (nSPS) is 19.4. The van der Waals surface area contributed by atoms with E-state index in [9.17, 15) is 13.2 Å². The topological polar surface area (TPSA) is 69.7 Å². The summed E-state index contributed by atoms with van der Waals surface area (Å²) >= 11 is 6.22. The van der Waals surface area contributed by atoms with Crippen LogP contribution in [0.15, 0.2) is 23.1 Å². The second kappa shape index (κ2) is 10.2. The van der Waals surface area contributed by atoms with Gasteiger partial charge in [0.2, 0.25) is 10.0 Å². The summed E-state index contributed by atoms with van der Waals surface area (Å²) in [6.45, 7) is 2.32. The number of rotatable bonds is 7. The molecular weight excluding hydrogens is 410 g/mol. The van der Waals surface area contributed by atoms with E-state index in [1.165, 1.54) is 42.1 Å². The smallest absolute Gasteiger partial charge is 0.251 e. The minimum Gasteiger partial charge on any atom is -0.351 e. The van der Waals surface area contributed by atoms with Crippen LogP contribution in [0.1, 0.15) is 61.7 Å². The molecule has 1 saturated carbocycles. The molecule has 6 nitrogen and oxygen atoms in total. The van der Waals surface area contributed by atoms with Crippen molar-refractivity contribution in [1.29, 1.82) is 0 Å². The SMILES string of the molecule is CN(CCNC(=O)c1ccc(Cl)c(S(=O)(=O)N2CCCCCC2)c1)C1CCCC1. The van der Waals surface area contributed by atoms with Crippen molar-refractivity contribution in [2.75, 3.05) is 33.2 Å². The summed E-state index contributed by atoms with van der Waals surface area (Å²) in [5, 5.41) is 3.07. The van der Waals surface area contributed by atoms with Gasteiger partial charge in [0.1, 0.15) is 4.90 Å². The lowest BCUT2D eigenvalue weighted by Crippen LogP contribution is -2.37. The lowest BCUT2D eigenvalue weighted by atomic mass is 10.2. The van der Waals surface area contributed by atoms with Crippen molar-refractivity contribution >= 4 is 27.5 Å². The van der Waals surface area contributed by atoms with Gasteiger partial charge in [0.15, 0.2) is 0 Å². The Morgan fingerprint density at radius 2 is 1.79 bits per heavy atom. The van der Waals surface area contributed by atoms with Crippen LogP contribution in [0.4, 0.5) is 0 Å². The first-order valence-electron chi connectivity index (χ1n) is 10.7. The molecule has 0 radical (unpaired) electrons. The van der Waals surface area contributed by atoms with E-state index < -0.39 is 10.0 Å².